The highest BCUT2D eigenvalue weighted by Gasteiger charge is 1.99. The Labute approximate surface area is 80.8 Å². The molecule has 0 spiro atoms. The average molecular weight is 187 g/mol. The third kappa shape index (κ3) is 9.34. The molecule has 3 nitrogen and oxygen atoms in total. The molecular weight excluding hydrogens is 166 g/mol. The highest BCUT2D eigenvalue weighted by Crippen LogP contribution is 1.88. The molecule has 0 saturated heterocycles. The number of nitrogens with one attached hydrogen (secondary N) is 1. The number of carbonyl (C=O) groups is 1. The van der Waals surface area contributed by atoms with E-state index in [4.69, 9.17) is 4.74 Å². The van der Waals surface area contributed by atoms with Crippen LogP contribution in [-0.4, -0.2) is 25.7 Å². The van der Waals surface area contributed by atoms with E-state index in [0.29, 0.717) is 13.0 Å². The lowest BCUT2D eigenvalue weighted by Gasteiger charge is -2.04. The van der Waals surface area contributed by atoms with Crippen molar-refractivity contribution in [2.45, 2.75) is 39.5 Å². The van der Waals surface area contributed by atoms with E-state index in [0.717, 1.165) is 19.5 Å². The molecule has 0 aromatic carbocycles. The van der Waals surface area contributed by atoms with Gasteiger partial charge >= 0.3 is 5.97 Å². The minimum atomic E-state index is -0.0918. The summed E-state index contributed by atoms with van der Waals surface area (Å²) in [5.74, 6) is -0.0918. The maximum absolute atomic E-state index is 11.0. The number of esters is 1. The van der Waals surface area contributed by atoms with Crippen LogP contribution in [0.4, 0.5) is 0 Å². The second-order valence-electron chi connectivity index (χ2n) is 3.07. The molecule has 3 heteroatoms. The molecule has 78 valence electrons. The Hall–Kier alpha value is -0.570. The van der Waals surface area contributed by atoms with Crippen molar-refractivity contribution in [2.24, 2.45) is 0 Å². The summed E-state index contributed by atoms with van der Waals surface area (Å²) in [6.07, 6.45) is 3.75. The van der Waals surface area contributed by atoms with Gasteiger partial charge in [0.25, 0.3) is 0 Å². The number of ether oxygens (including phenoxy) is 1. The zero-order valence-electron chi connectivity index (χ0n) is 8.77. The van der Waals surface area contributed by atoms with Crippen LogP contribution in [0.25, 0.3) is 0 Å². The fourth-order valence-corrected chi connectivity index (χ4v) is 0.905. The molecule has 0 bridgehead atoms. The van der Waals surface area contributed by atoms with Crippen molar-refractivity contribution < 1.29 is 9.53 Å². The van der Waals surface area contributed by atoms with Crippen molar-refractivity contribution >= 4 is 5.97 Å². The van der Waals surface area contributed by atoms with Crippen molar-refractivity contribution in [3.8, 4) is 0 Å². The summed E-state index contributed by atoms with van der Waals surface area (Å²) in [6, 6.07) is 0. The van der Waals surface area contributed by atoms with Crippen LogP contribution < -0.4 is 5.32 Å². The summed E-state index contributed by atoms with van der Waals surface area (Å²) in [5, 5.41) is 3.19. The zero-order chi connectivity index (χ0) is 9.94. The van der Waals surface area contributed by atoms with Gasteiger partial charge < -0.3 is 10.1 Å². The maximum atomic E-state index is 11.0. The van der Waals surface area contributed by atoms with Crippen LogP contribution in [0.5, 0.6) is 0 Å². The lowest BCUT2D eigenvalue weighted by Crippen LogP contribution is -2.20. The van der Waals surface area contributed by atoms with Gasteiger partial charge in [0.2, 0.25) is 0 Å². The van der Waals surface area contributed by atoms with Gasteiger partial charge in [0.05, 0.1) is 13.0 Å². The fourth-order valence-electron chi connectivity index (χ4n) is 0.905. The molecule has 0 heterocycles. The van der Waals surface area contributed by atoms with Crippen LogP contribution in [0.15, 0.2) is 0 Å². The van der Waals surface area contributed by atoms with Gasteiger partial charge in [-0.15, -0.1) is 0 Å². The maximum Gasteiger partial charge on any atom is 0.307 e. The topological polar surface area (TPSA) is 38.3 Å². The Morgan fingerprint density at radius 2 is 2.00 bits per heavy atom. The molecule has 0 fully saturated rings. The minimum Gasteiger partial charge on any atom is -0.466 e. The van der Waals surface area contributed by atoms with E-state index in [-0.39, 0.29) is 5.97 Å². The van der Waals surface area contributed by atoms with Gasteiger partial charge in [0, 0.05) is 6.54 Å². The SMILES string of the molecule is CCCCNCCC(=O)OCCC. The van der Waals surface area contributed by atoms with Crippen LogP contribution in [0.1, 0.15) is 39.5 Å². The second kappa shape index (κ2) is 9.52. The Morgan fingerprint density at radius 1 is 1.23 bits per heavy atom. The van der Waals surface area contributed by atoms with E-state index < -0.39 is 0 Å². The molecule has 1 N–H and O–H groups in total. The standard InChI is InChI=1S/C10H21NO2/c1-3-5-7-11-8-6-10(12)13-9-4-2/h11H,3-9H2,1-2H3. The van der Waals surface area contributed by atoms with Crippen LogP contribution in [0, 0.1) is 0 Å². The second-order valence-corrected chi connectivity index (χ2v) is 3.07. The summed E-state index contributed by atoms with van der Waals surface area (Å²) in [7, 11) is 0. The summed E-state index contributed by atoms with van der Waals surface area (Å²) in [5.41, 5.74) is 0. The predicted octanol–water partition coefficient (Wildman–Crippen LogP) is 1.72. The quantitative estimate of drug-likeness (QED) is 0.464. The van der Waals surface area contributed by atoms with Crippen molar-refractivity contribution in [3.05, 3.63) is 0 Å². The van der Waals surface area contributed by atoms with Gasteiger partial charge in [-0.25, -0.2) is 0 Å². The Balaban J connectivity index is 3.08. The number of unbranched alkanes of at least 4 members (excludes halogenated alkanes) is 1. The smallest absolute Gasteiger partial charge is 0.307 e. The third-order valence-electron chi connectivity index (χ3n) is 1.68. The van der Waals surface area contributed by atoms with Gasteiger partial charge in [-0.3, -0.25) is 4.79 Å². The predicted molar refractivity (Wildman–Crippen MR) is 53.6 cm³/mol. The highest BCUT2D eigenvalue weighted by molar-refractivity contribution is 5.69. The monoisotopic (exact) mass is 187 g/mol. The van der Waals surface area contributed by atoms with E-state index in [1.807, 2.05) is 6.92 Å². The number of carbonyl (C=O) groups excluding carboxylic acids is 1. The van der Waals surface area contributed by atoms with Crippen molar-refractivity contribution in [1.82, 2.24) is 5.32 Å². The summed E-state index contributed by atoms with van der Waals surface area (Å²) in [4.78, 5) is 11.0. The summed E-state index contributed by atoms with van der Waals surface area (Å²) >= 11 is 0. The minimum absolute atomic E-state index is 0.0918. The third-order valence-corrected chi connectivity index (χ3v) is 1.68. The molecule has 0 atom stereocenters. The highest BCUT2D eigenvalue weighted by atomic mass is 16.5. The van der Waals surface area contributed by atoms with Crippen molar-refractivity contribution in [1.29, 1.82) is 0 Å². The van der Waals surface area contributed by atoms with E-state index in [1.165, 1.54) is 12.8 Å². The van der Waals surface area contributed by atoms with E-state index in [9.17, 15) is 4.79 Å². The normalized spacial score (nSPS) is 10.0. The van der Waals surface area contributed by atoms with E-state index in [1.54, 1.807) is 0 Å². The van der Waals surface area contributed by atoms with Crippen molar-refractivity contribution in [3.63, 3.8) is 0 Å². The first kappa shape index (κ1) is 12.4. The van der Waals surface area contributed by atoms with Gasteiger partial charge in [0.1, 0.15) is 0 Å². The van der Waals surface area contributed by atoms with Crippen LogP contribution in [-0.2, 0) is 9.53 Å². The van der Waals surface area contributed by atoms with Crippen LogP contribution in [0.2, 0.25) is 0 Å². The molecule has 0 aliphatic rings. The molecule has 0 radical (unpaired) electrons. The molecule has 0 saturated carbocycles. The van der Waals surface area contributed by atoms with E-state index in [2.05, 4.69) is 12.2 Å². The average Bonchev–Trinajstić information content (AvgIpc) is 2.14. The molecule has 0 amide bonds. The lowest BCUT2D eigenvalue weighted by molar-refractivity contribution is -0.143. The molecule has 13 heavy (non-hydrogen) atoms. The Morgan fingerprint density at radius 3 is 2.62 bits per heavy atom. The number of rotatable bonds is 8. The Kier molecular flexibility index (Phi) is 9.10. The van der Waals surface area contributed by atoms with Gasteiger partial charge in [-0.2, -0.15) is 0 Å². The first-order chi connectivity index (χ1) is 6.31. The van der Waals surface area contributed by atoms with Crippen LogP contribution in [0.3, 0.4) is 0 Å². The van der Waals surface area contributed by atoms with Gasteiger partial charge in [-0.1, -0.05) is 20.3 Å². The Bertz CT molecular complexity index is 126. The number of hydrogen-bond acceptors (Lipinski definition) is 3. The van der Waals surface area contributed by atoms with Gasteiger partial charge in [0.15, 0.2) is 0 Å². The molecule has 0 rings (SSSR count). The number of hydrogen-bond donors (Lipinski definition) is 1. The van der Waals surface area contributed by atoms with E-state index >= 15 is 0 Å². The van der Waals surface area contributed by atoms with Crippen molar-refractivity contribution in [2.75, 3.05) is 19.7 Å². The molecule has 0 unspecified atom stereocenters. The van der Waals surface area contributed by atoms with Crippen LogP contribution >= 0.6 is 0 Å². The molecular formula is C10H21NO2. The molecule has 0 aromatic heterocycles. The molecule has 0 aromatic rings. The largest absolute Gasteiger partial charge is 0.466 e. The lowest BCUT2D eigenvalue weighted by atomic mass is 10.3. The summed E-state index contributed by atoms with van der Waals surface area (Å²) < 4.78 is 4.92. The molecule has 0 aliphatic carbocycles. The fraction of sp³-hybridized carbons (Fsp3) is 0.900. The molecule has 0 aliphatic heterocycles. The van der Waals surface area contributed by atoms with Gasteiger partial charge in [-0.05, 0) is 19.4 Å². The first-order valence-corrected chi connectivity index (χ1v) is 5.17. The first-order valence-electron chi connectivity index (χ1n) is 5.17. The zero-order valence-corrected chi connectivity index (χ0v) is 8.77. The summed E-state index contributed by atoms with van der Waals surface area (Å²) in [6.45, 7) is 6.43.